The van der Waals surface area contributed by atoms with Gasteiger partial charge in [-0.25, -0.2) is 13.4 Å². The molecule has 0 aliphatic rings. The lowest BCUT2D eigenvalue weighted by Crippen LogP contribution is -2.29. The predicted octanol–water partition coefficient (Wildman–Crippen LogP) is 3.44. The molecule has 0 aliphatic carbocycles. The molecule has 0 radical (unpaired) electrons. The molecule has 0 saturated carbocycles. The normalized spacial score (nSPS) is 13.2. The fraction of sp³-hybridized carbons (Fsp3) is 0.346. The Bertz CT molecular complexity index is 1500. The van der Waals surface area contributed by atoms with Gasteiger partial charge in [-0.15, -0.1) is 10.2 Å². The van der Waals surface area contributed by atoms with Crippen LogP contribution in [0.2, 0.25) is 0 Å². The van der Waals surface area contributed by atoms with Crippen molar-refractivity contribution in [3.8, 4) is 28.7 Å². The molecule has 12 heteroatoms. The number of hydrogen-bond donors (Lipinski definition) is 0. The van der Waals surface area contributed by atoms with Crippen LogP contribution in [0.5, 0.6) is 11.5 Å². The number of rotatable bonds is 10. The van der Waals surface area contributed by atoms with Crippen molar-refractivity contribution >= 4 is 9.84 Å². The Kier molecular flexibility index (Phi) is 8.02. The molecule has 0 fully saturated rings. The van der Waals surface area contributed by atoms with Crippen LogP contribution >= 0.6 is 0 Å². The first-order chi connectivity index (χ1) is 18.2. The molecule has 38 heavy (non-hydrogen) atoms. The van der Waals surface area contributed by atoms with E-state index in [4.69, 9.17) is 14.2 Å². The number of sulfone groups is 1. The number of ether oxygens (including phenoxy) is 3. The van der Waals surface area contributed by atoms with Crippen molar-refractivity contribution in [1.29, 1.82) is 0 Å². The lowest BCUT2D eigenvalue weighted by molar-refractivity contribution is 0.0983. The van der Waals surface area contributed by atoms with Crippen molar-refractivity contribution < 1.29 is 22.6 Å². The van der Waals surface area contributed by atoms with Gasteiger partial charge in [0.2, 0.25) is 0 Å². The van der Waals surface area contributed by atoms with Crippen molar-refractivity contribution in [2.45, 2.75) is 37.9 Å². The van der Waals surface area contributed by atoms with E-state index >= 15 is 0 Å². The molecule has 0 spiro atoms. The molecular weight excluding hydrogens is 508 g/mol. The van der Waals surface area contributed by atoms with Crippen LogP contribution < -0.4 is 9.47 Å². The van der Waals surface area contributed by atoms with Gasteiger partial charge in [-0.1, -0.05) is 12.1 Å². The molecule has 200 valence electrons. The lowest BCUT2D eigenvalue weighted by atomic mass is 10.2. The molecule has 0 amide bonds. The van der Waals surface area contributed by atoms with Crippen LogP contribution in [0.15, 0.2) is 48.8 Å². The summed E-state index contributed by atoms with van der Waals surface area (Å²) in [5.41, 5.74) is 2.90. The average Bonchev–Trinajstić information content (AvgIpc) is 3.31. The van der Waals surface area contributed by atoms with Crippen LogP contribution in [0, 0.1) is 13.8 Å². The number of benzene rings is 1. The SMILES string of the molecule is COc1cccc(OC)c1-n1c(CS(=O)(=O)[C@H](C)[C@H](OC)c2cnc(C)cn2)nnc1-c1cccc(C)n1. The second-order valence-corrected chi connectivity index (χ2v) is 11.1. The maximum atomic E-state index is 13.7. The standard InChI is InChI=1S/C26H30N6O5S/c1-16-9-7-10-19(29-16)26-31-30-23(32(26)24-21(35-4)11-8-12-22(24)36-5)15-38(33,34)18(3)25(37-6)20-14-27-17(2)13-28-20/h7-14,18,25H,15H2,1-6H3/t18-,25+/m1/s1. The first kappa shape index (κ1) is 27.1. The Morgan fingerprint density at radius 1 is 0.895 bits per heavy atom. The van der Waals surface area contributed by atoms with Crippen molar-refractivity contribution in [1.82, 2.24) is 29.7 Å². The number of methoxy groups -OCH3 is 3. The molecular formula is C26H30N6O5S. The fourth-order valence-electron chi connectivity index (χ4n) is 4.13. The lowest BCUT2D eigenvalue weighted by Gasteiger charge is -2.22. The molecule has 0 unspecified atom stereocenters. The Balaban J connectivity index is 1.84. The van der Waals surface area contributed by atoms with Gasteiger partial charge in [0.1, 0.15) is 34.7 Å². The van der Waals surface area contributed by atoms with Gasteiger partial charge in [0.15, 0.2) is 21.5 Å². The fourth-order valence-corrected chi connectivity index (χ4v) is 5.57. The largest absolute Gasteiger partial charge is 0.494 e. The van der Waals surface area contributed by atoms with E-state index in [1.807, 2.05) is 19.1 Å². The van der Waals surface area contributed by atoms with Crippen LogP contribution in [0.4, 0.5) is 0 Å². The minimum absolute atomic E-state index is 0.169. The topological polar surface area (TPSA) is 131 Å². The summed E-state index contributed by atoms with van der Waals surface area (Å²) in [5.74, 6) is 0.988. The molecule has 4 rings (SSSR count). The molecule has 11 nitrogen and oxygen atoms in total. The van der Waals surface area contributed by atoms with E-state index < -0.39 is 26.9 Å². The third-order valence-corrected chi connectivity index (χ3v) is 8.18. The molecule has 0 N–H and O–H groups in total. The van der Waals surface area contributed by atoms with Crippen molar-refractivity contribution in [2.24, 2.45) is 0 Å². The summed E-state index contributed by atoms with van der Waals surface area (Å²) in [6.07, 6.45) is 2.27. The number of nitrogens with zero attached hydrogens (tertiary/aromatic N) is 6. The number of pyridine rings is 1. The predicted molar refractivity (Wildman–Crippen MR) is 141 cm³/mol. The Hall–Kier alpha value is -3.90. The number of hydrogen-bond acceptors (Lipinski definition) is 10. The minimum Gasteiger partial charge on any atom is -0.494 e. The summed E-state index contributed by atoms with van der Waals surface area (Å²) >= 11 is 0. The molecule has 3 heterocycles. The summed E-state index contributed by atoms with van der Waals surface area (Å²) in [7, 11) is 0.649. The van der Waals surface area contributed by atoms with Crippen LogP contribution in [0.1, 0.15) is 35.9 Å². The molecule has 0 saturated heterocycles. The van der Waals surface area contributed by atoms with Gasteiger partial charge in [-0.05, 0) is 45.0 Å². The van der Waals surface area contributed by atoms with Crippen molar-refractivity contribution in [3.05, 3.63) is 71.7 Å². The highest BCUT2D eigenvalue weighted by molar-refractivity contribution is 7.91. The second-order valence-electron chi connectivity index (χ2n) is 8.70. The van der Waals surface area contributed by atoms with Crippen molar-refractivity contribution in [2.75, 3.05) is 21.3 Å². The van der Waals surface area contributed by atoms with Gasteiger partial charge >= 0.3 is 0 Å². The highest BCUT2D eigenvalue weighted by atomic mass is 32.2. The molecule has 1 aromatic carbocycles. The molecule has 3 aromatic heterocycles. The number of aromatic nitrogens is 6. The third kappa shape index (κ3) is 5.36. The highest BCUT2D eigenvalue weighted by Gasteiger charge is 2.35. The van der Waals surface area contributed by atoms with E-state index in [9.17, 15) is 8.42 Å². The zero-order valence-electron chi connectivity index (χ0n) is 22.1. The maximum Gasteiger partial charge on any atom is 0.187 e. The van der Waals surface area contributed by atoms with Crippen molar-refractivity contribution in [3.63, 3.8) is 0 Å². The first-order valence-corrected chi connectivity index (χ1v) is 13.5. The maximum absolute atomic E-state index is 13.7. The summed E-state index contributed by atoms with van der Waals surface area (Å²) in [5, 5.41) is 7.69. The summed E-state index contributed by atoms with van der Waals surface area (Å²) < 4.78 is 45.9. The van der Waals surface area contributed by atoms with Gasteiger partial charge in [-0.3, -0.25) is 14.5 Å². The summed E-state index contributed by atoms with van der Waals surface area (Å²) in [6, 6.07) is 10.8. The highest BCUT2D eigenvalue weighted by Crippen LogP contribution is 2.37. The Morgan fingerprint density at radius 2 is 1.58 bits per heavy atom. The van der Waals surface area contributed by atoms with E-state index in [0.717, 1.165) is 11.4 Å². The van der Waals surface area contributed by atoms with Gasteiger partial charge in [0.25, 0.3) is 0 Å². The average molecular weight is 539 g/mol. The minimum atomic E-state index is -3.85. The number of aryl methyl sites for hydroxylation is 2. The van der Waals surface area contributed by atoms with Gasteiger partial charge in [-0.2, -0.15) is 0 Å². The van der Waals surface area contributed by atoms with Crippen LogP contribution in [0.3, 0.4) is 0 Å². The zero-order chi connectivity index (χ0) is 27.4. The third-order valence-electron chi connectivity index (χ3n) is 6.14. The number of para-hydroxylation sites is 1. The smallest absolute Gasteiger partial charge is 0.187 e. The first-order valence-electron chi connectivity index (χ1n) is 11.8. The van der Waals surface area contributed by atoms with Gasteiger partial charge in [0, 0.05) is 19.0 Å². The molecule has 2 atom stereocenters. The van der Waals surface area contributed by atoms with Crippen LogP contribution in [0.25, 0.3) is 17.2 Å². The van der Waals surface area contributed by atoms with Gasteiger partial charge < -0.3 is 14.2 Å². The van der Waals surface area contributed by atoms with E-state index in [1.54, 1.807) is 48.9 Å². The summed E-state index contributed by atoms with van der Waals surface area (Å²) in [4.78, 5) is 13.1. The summed E-state index contributed by atoms with van der Waals surface area (Å²) in [6.45, 7) is 5.25. The van der Waals surface area contributed by atoms with E-state index in [1.165, 1.54) is 27.5 Å². The van der Waals surface area contributed by atoms with E-state index in [2.05, 4.69) is 25.1 Å². The monoisotopic (exact) mass is 538 g/mol. The molecule has 0 bridgehead atoms. The molecule has 0 aliphatic heterocycles. The second kappa shape index (κ2) is 11.2. The zero-order valence-corrected chi connectivity index (χ0v) is 22.9. The quantitative estimate of drug-likeness (QED) is 0.296. The van der Waals surface area contributed by atoms with E-state index in [0.29, 0.717) is 34.4 Å². The van der Waals surface area contributed by atoms with Crippen LogP contribution in [-0.4, -0.2) is 64.7 Å². The van der Waals surface area contributed by atoms with Gasteiger partial charge in [0.05, 0.1) is 37.1 Å². The van der Waals surface area contributed by atoms with Crippen LogP contribution in [-0.2, 0) is 20.3 Å². The molecule has 4 aromatic rings. The Labute approximate surface area is 221 Å². The van der Waals surface area contributed by atoms with E-state index in [-0.39, 0.29) is 5.82 Å². The Morgan fingerprint density at radius 3 is 2.16 bits per heavy atom.